The molecule has 0 saturated carbocycles. The highest BCUT2D eigenvalue weighted by Gasteiger charge is 2.43. The highest BCUT2D eigenvalue weighted by Crippen LogP contribution is 2.37. The number of thiazole rings is 1. The molecule has 7 nitrogen and oxygen atoms in total. The lowest BCUT2D eigenvalue weighted by atomic mass is 10.1. The summed E-state index contributed by atoms with van der Waals surface area (Å²) >= 11 is 8.91. The summed E-state index contributed by atoms with van der Waals surface area (Å²) in [5.41, 5.74) is 2.46. The smallest absolute Gasteiger partial charge is 0.245 e. The molecule has 1 amide bonds. The van der Waals surface area contributed by atoms with Gasteiger partial charge in [0.25, 0.3) is 0 Å². The fourth-order valence-corrected chi connectivity index (χ4v) is 7.91. The van der Waals surface area contributed by atoms with E-state index in [4.69, 9.17) is 16.3 Å². The minimum atomic E-state index is -3.84. The van der Waals surface area contributed by atoms with Crippen LogP contribution in [-0.2, 0) is 14.8 Å². The average Bonchev–Trinajstić information content (AvgIpc) is 3.52. The number of fused-ring (bicyclic) bond motifs is 1. The standard InChI is InChI=1S/C26H24ClN3O4S3/c1-17-3-10-21(11-4-17)37(32,33)30-14-13-29(25(30)18-5-8-20(34-2)9-6-18)24(31)16-35-26-28-22-15-19(27)7-12-23(22)36-26/h3-12,15,25H,13-14,16H2,1-2H3/t25-/m0/s1. The molecule has 1 atom stereocenters. The van der Waals surface area contributed by atoms with Crippen molar-refractivity contribution in [3.05, 3.63) is 82.9 Å². The van der Waals surface area contributed by atoms with E-state index in [-0.39, 0.29) is 29.6 Å². The average molecular weight is 574 g/mol. The summed E-state index contributed by atoms with van der Waals surface area (Å²) in [4.78, 5) is 19.9. The Labute approximate surface area is 229 Å². The Morgan fingerprint density at radius 2 is 1.84 bits per heavy atom. The minimum absolute atomic E-state index is 0.138. The Hall–Kier alpha value is -2.63. The van der Waals surface area contributed by atoms with Crippen molar-refractivity contribution >= 4 is 60.8 Å². The number of aromatic nitrogens is 1. The largest absolute Gasteiger partial charge is 0.497 e. The maximum absolute atomic E-state index is 13.7. The lowest BCUT2D eigenvalue weighted by molar-refractivity contribution is -0.130. The van der Waals surface area contributed by atoms with Gasteiger partial charge in [0.05, 0.1) is 28.0 Å². The number of ether oxygens (including phenoxy) is 1. The quantitative estimate of drug-likeness (QED) is 0.268. The first-order valence-electron chi connectivity index (χ1n) is 11.5. The van der Waals surface area contributed by atoms with Crippen LogP contribution < -0.4 is 4.74 Å². The van der Waals surface area contributed by atoms with Crippen LogP contribution in [-0.4, -0.2) is 54.5 Å². The van der Waals surface area contributed by atoms with Gasteiger partial charge in [0.15, 0.2) is 4.34 Å². The fourth-order valence-electron chi connectivity index (χ4n) is 4.23. The first-order chi connectivity index (χ1) is 17.8. The van der Waals surface area contributed by atoms with Gasteiger partial charge in [0.1, 0.15) is 11.9 Å². The summed E-state index contributed by atoms with van der Waals surface area (Å²) < 4.78 is 35.8. The van der Waals surface area contributed by atoms with E-state index in [1.807, 2.05) is 19.1 Å². The molecule has 0 spiro atoms. The van der Waals surface area contributed by atoms with Crippen molar-refractivity contribution in [1.29, 1.82) is 0 Å². The number of carbonyl (C=O) groups excluding carboxylic acids is 1. The van der Waals surface area contributed by atoms with Crippen molar-refractivity contribution in [1.82, 2.24) is 14.2 Å². The van der Waals surface area contributed by atoms with Crippen molar-refractivity contribution in [2.45, 2.75) is 22.3 Å². The van der Waals surface area contributed by atoms with Crippen molar-refractivity contribution in [2.24, 2.45) is 0 Å². The molecular weight excluding hydrogens is 550 g/mol. The van der Waals surface area contributed by atoms with Crippen LogP contribution in [0, 0.1) is 6.92 Å². The Bertz CT molecular complexity index is 1540. The van der Waals surface area contributed by atoms with Crippen LogP contribution in [0.1, 0.15) is 17.3 Å². The molecule has 0 radical (unpaired) electrons. The molecule has 0 aliphatic carbocycles. The first-order valence-corrected chi connectivity index (χ1v) is 15.1. The molecule has 5 rings (SSSR count). The molecule has 1 fully saturated rings. The number of aryl methyl sites for hydroxylation is 1. The van der Waals surface area contributed by atoms with Gasteiger partial charge in [-0.2, -0.15) is 4.31 Å². The van der Waals surface area contributed by atoms with E-state index in [1.165, 1.54) is 27.4 Å². The van der Waals surface area contributed by atoms with E-state index >= 15 is 0 Å². The number of benzene rings is 3. The second-order valence-electron chi connectivity index (χ2n) is 8.54. The van der Waals surface area contributed by atoms with Gasteiger partial charge in [-0.05, 0) is 55.0 Å². The zero-order valence-electron chi connectivity index (χ0n) is 20.1. The zero-order valence-corrected chi connectivity index (χ0v) is 23.3. The lowest BCUT2D eigenvalue weighted by Gasteiger charge is -2.30. The van der Waals surface area contributed by atoms with Crippen LogP contribution in [0.4, 0.5) is 0 Å². The third-order valence-corrected chi connectivity index (χ3v) is 10.4. The summed E-state index contributed by atoms with van der Waals surface area (Å²) in [5, 5.41) is 0.611. The van der Waals surface area contributed by atoms with Crippen molar-refractivity contribution in [3.63, 3.8) is 0 Å². The number of hydrogen-bond donors (Lipinski definition) is 0. The van der Waals surface area contributed by atoms with Gasteiger partial charge in [0, 0.05) is 18.1 Å². The normalized spacial score (nSPS) is 16.4. The first kappa shape index (κ1) is 26.0. The van der Waals surface area contributed by atoms with Crippen molar-refractivity contribution in [3.8, 4) is 5.75 Å². The van der Waals surface area contributed by atoms with E-state index < -0.39 is 16.2 Å². The molecule has 192 valence electrons. The van der Waals surface area contributed by atoms with E-state index in [0.717, 1.165) is 20.1 Å². The van der Waals surface area contributed by atoms with Gasteiger partial charge in [-0.15, -0.1) is 11.3 Å². The van der Waals surface area contributed by atoms with Gasteiger partial charge < -0.3 is 9.64 Å². The molecule has 1 aliphatic rings. The lowest BCUT2D eigenvalue weighted by Crippen LogP contribution is -2.38. The SMILES string of the molecule is COc1ccc([C@H]2N(C(=O)CSc3nc4cc(Cl)ccc4s3)CCN2S(=O)(=O)c2ccc(C)cc2)cc1. The third kappa shape index (κ3) is 5.35. The highest BCUT2D eigenvalue weighted by atomic mass is 35.5. The molecule has 2 heterocycles. The number of halogens is 1. The van der Waals surface area contributed by atoms with E-state index in [9.17, 15) is 13.2 Å². The molecule has 0 N–H and O–H groups in total. The molecule has 0 unspecified atom stereocenters. The number of rotatable bonds is 7. The zero-order chi connectivity index (χ0) is 26.2. The number of thioether (sulfide) groups is 1. The second kappa shape index (κ2) is 10.6. The van der Waals surface area contributed by atoms with Crippen LogP contribution in [0.25, 0.3) is 10.2 Å². The van der Waals surface area contributed by atoms with Crippen LogP contribution in [0.2, 0.25) is 5.02 Å². The molecule has 4 aromatic rings. The third-order valence-electron chi connectivity index (χ3n) is 6.14. The molecule has 11 heteroatoms. The van der Waals surface area contributed by atoms with Gasteiger partial charge in [0.2, 0.25) is 15.9 Å². The number of hydrogen-bond acceptors (Lipinski definition) is 7. The van der Waals surface area contributed by atoms with E-state index in [0.29, 0.717) is 16.3 Å². The molecular formula is C26H24ClN3O4S3. The number of sulfonamides is 1. The second-order valence-corrected chi connectivity index (χ2v) is 13.1. The Kier molecular flexibility index (Phi) is 7.46. The number of methoxy groups -OCH3 is 1. The maximum Gasteiger partial charge on any atom is 0.245 e. The maximum atomic E-state index is 13.7. The monoisotopic (exact) mass is 573 g/mol. The molecule has 3 aromatic carbocycles. The predicted molar refractivity (Wildman–Crippen MR) is 148 cm³/mol. The number of carbonyl (C=O) groups is 1. The molecule has 1 saturated heterocycles. The van der Waals surface area contributed by atoms with Crippen LogP contribution >= 0.6 is 34.7 Å². The molecule has 1 aromatic heterocycles. The summed E-state index contributed by atoms with van der Waals surface area (Å²) in [6.07, 6.45) is -0.764. The van der Waals surface area contributed by atoms with Gasteiger partial charge in [-0.1, -0.05) is 53.2 Å². The predicted octanol–water partition coefficient (Wildman–Crippen LogP) is 5.59. The Morgan fingerprint density at radius 3 is 2.54 bits per heavy atom. The molecule has 0 bridgehead atoms. The molecule has 37 heavy (non-hydrogen) atoms. The van der Waals surface area contributed by atoms with Gasteiger partial charge in [-0.3, -0.25) is 4.79 Å². The summed E-state index contributed by atoms with van der Waals surface area (Å²) in [6.45, 7) is 2.39. The summed E-state index contributed by atoms with van der Waals surface area (Å²) in [5.74, 6) is 0.627. The summed E-state index contributed by atoms with van der Waals surface area (Å²) in [6, 6.07) is 19.4. The topological polar surface area (TPSA) is 79.8 Å². The van der Waals surface area contributed by atoms with E-state index in [1.54, 1.807) is 66.6 Å². The van der Waals surface area contributed by atoms with Crippen LogP contribution in [0.5, 0.6) is 5.75 Å². The van der Waals surface area contributed by atoms with E-state index in [2.05, 4.69) is 4.98 Å². The van der Waals surface area contributed by atoms with Gasteiger partial charge in [-0.25, -0.2) is 13.4 Å². The Morgan fingerprint density at radius 1 is 1.11 bits per heavy atom. The number of nitrogens with zero attached hydrogens (tertiary/aromatic N) is 3. The van der Waals surface area contributed by atoms with Crippen LogP contribution in [0.15, 0.2) is 76.0 Å². The fraction of sp³-hybridized carbons (Fsp3) is 0.231. The highest BCUT2D eigenvalue weighted by molar-refractivity contribution is 8.01. The minimum Gasteiger partial charge on any atom is -0.497 e. The van der Waals surface area contributed by atoms with Gasteiger partial charge >= 0.3 is 0 Å². The van der Waals surface area contributed by atoms with Crippen molar-refractivity contribution < 1.29 is 17.9 Å². The molecule has 1 aliphatic heterocycles. The van der Waals surface area contributed by atoms with Crippen molar-refractivity contribution in [2.75, 3.05) is 26.0 Å². The number of amides is 1. The van der Waals surface area contributed by atoms with Crippen LogP contribution in [0.3, 0.4) is 0 Å². The summed E-state index contributed by atoms with van der Waals surface area (Å²) in [7, 11) is -2.27. The Balaban J connectivity index is 1.42.